The van der Waals surface area contributed by atoms with Gasteiger partial charge in [0.15, 0.2) is 15.8 Å². The van der Waals surface area contributed by atoms with Crippen LogP contribution >= 0.6 is 0 Å². The lowest BCUT2D eigenvalue weighted by Gasteiger charge is -2.25. The molecule has 1 saturated heterocycles. The van der Waals surface area contributed by atoms with E-state index in [2.05, 4.69) is 10.3 Å². The molecule has 1 atom stereocenters. The van der Waals surface area contributed by atoms with E-state index in [-0.39, 0.29) is 5.25 Å². The fourth-order valence-corrected chi connectivity index (χ4v) is 4.36. The summed E-state index contributed by atoms with van der Waals surface area (Å²) < 4.78 is 24.1. The SMILES string of the molecule is CN(C)C(=NCc1ccccc1)NC[C@@H]1CCCCS1(=O)=O. The van der Waals surface area contributed by atoms with Crippen molar-refractivity contribution in [2.24, 2.45) is 4.99 Å². The van der Waals surface area contributed by atoms with Crippen molar-refractivity contribution in [3.63, 3.8) is 0 Å². The van der Waals surface area contributed by atoms with Gasteiger partial charge in [-0.2, -0.15) is 0 Å². The first-order valence-electron chi connectivity index (χ1n) is 7.70. The summed E-state index contributed by atoms with van der Waals surface area (Å²) in [5, 5.41) is 2.92. The molecule has 1 aliphatic heterocycles. The molecule has 5 nitrogen and oxygen atoms in total. The second-order valence-electron chi connectivity index (χ2n) is 5.89. The maximum atomic E-state index is 12.1. The zero-order chi connectivity index (χ0) is 16.0. The van der Waals surface area contributed by atoms with Crippen molar-refractivity contribution in [2.45, 2.75) is 31.1 Å². The molecule has 0 amide bonds. The molecule has 1 fully saturated rings. The standard InChI is InChI=1S/C16H25N3O2S/c1-19(2)16(17-12-14-8-4-3-5-9-14)18-13-15-10-6-7-11-22(15,20)21/h3-5,8-9,15H,6-7,10-13H2,1-2H3,(H,17,18)/t15-/m0/s1. The molecule has 0 radical (unpaired) electrons. The van der Waals surface area contributed by atoms with Gasteiger partial charge in [-0.1, -0.05) is 36.8 Å². The maximum Gasteiger partial charge on any atom is 0.193 e. The summed E-state index contributed by atoms with van der Waals surface area (Å²) in [5.41, 5.74) is 1.13. The van der Waals surface area contributed by atoms with Gasteiger partial charge >= 0.3 is 0 Å². The lowest BCUT2D eigenvalue weighted by molar-refractivity contribution is 0.524. The number of hydrogen-bond acceptors (Lipinski definition) is 3. The molecule has 22 heavy (non-hydrogen) atoms. The van der Waals surface area contributed by atoms with Gasteiger partial charge in [0, 0.05) is 20.6 Å². The number of sulfone groups is 1. The van der Waals surface area contributed by atoms with Crippen molar-refractivity contribution in [2.75, 3.05) is 26.4 Å². The van der Waals surface area contributed by atoms with Crippen LogP contribution in [0.3, 0.4) is 0 Å². The zero-order valence-electron chi connectivity index (χ0n) is 13.3. The molecule has 0 unspecified atom stereocenters. The fraction of sp³-hybridized carbons (Fsp3) is 0.562. The topological polar surface area (TPSA) is 61.8 Å². The minimum Gasteiger partial charge on any atom is -0.355 e. The summed E-state index contributed by atoms with van der Waals surface area (Å²) >= 11 is 0. The average molecular weight is 323 g/mol. The molecule has 0 spiro atoms. The molecular formula is C16H25N3O2S. The normalized spacial score (nSPS) is 21.4. The van der Waals surface area contributed by atoms with Crippen LogP contribution in [0, 0.1) is 0 Å². The molecule has 1 N–H and O–H groups in total. The van der Waals surface area contributed by atoms with Crippen LogP contribution < -0.4 is 5.32 Å². The predicted octanol–water partition coefficient (Wildman–Crippen LogP) is 1.66. The van der Waals surface area contributed by atoms with Gasteiger partial charge in [0.1, 0.15) is 0 Å². The number of benzene rings is 1. The minimum atomic E-state index is -2.95. The van der Waals surface area contributed by atoms with Gasteiger partial charge in [-0.15, -0.1) is 0 Å². The Labute approximate surface area is 133 Å². The summed E-state index contributed by atoms with van der Waals surface area (Å²) in [6, 6.07) is 10.0. The molecule has 6 heteroatoms. The summed E-state index contributed by atoms with van der Waals surface area (Å²) in [6.07, 6.45) is 2.53. The van der Waals surface area contributed by atoms with Crippen molar-refractivity contribution < 1.29 is 8.42 Å². The van der Waals surface area contributed by atoms with E-state index in [9.17, 15) is 8.42 Å². The average Bonchev–Trinajstić information content (AvgIpc) is 2.49. The molecule has 0 saturated carbocycles. The van der Waals surface area contributed by atoms with Crippen molar-refractivity contribution >= 4 is 15.8 Å². The number of rotatable bonds is 4. The molecule has 1 aromatic carbocycles. The lowest BCUT2D eigenvalue weighted by Crippen LogP contribution is -2.44. The van der Waals surface area contributed by atoms with Crippen LogP contribution in [0.25, 0.3) is 0 Å². The van der Waals surface area contributed by atoms with Crippen LogP contribution in [0.2, 0.25) is 0 Å². The minimum absolute atomic E-state index is 0.289. The van der Waals surface area contributed by atoms with Gasteiger partial charge in [0.25, 0.3) is 0 Å². The van der Waals surface area contributed by atoms with Crippen LogP contribution in [-0.2, 0) is 16.4 Å². The molecule has 0 aliphatic carbocycles. The largest absolute Gasteiger partial charge is 0.355 e. The van der Waals surface area contributed by atoms with Crippen molar-refractivity contribution in [3.8, 4) is 0 Å². The van der Waals surface area contributed by atoms with Crippen LogP contribution in [0.5, 0.6) is 0 Å². The quantitative estimate of drug-likeness (QED) is 0.676. The van der Waals surface area contributed by atoms with E-state index in [1.54, 1.807) is 0 Å². The lowest BCUT2D eigenvalue weighted by atomic mass is 10.2. The Balaban J connectivity index is 1.97. The van der Waals surface area contributed by atoms with E-state index in [1.165, 1.54) is 0 Å². The van der Waals surface area contributed by atoms with E-state index in [0.29, 0.717) is 18.8 Å². The Morgan fingerprint density at radius 1 is 1.27 bits per heavy atom. The van der Waals surface area contributed by atoms with Crippen molar-refractivity contribution in [1.29, 1.82) is 0 Å². The van der Waals surface area contributed by atoms with Crippen LogP contribution in [0.4, 0.5) is 0 Å². The molecule has 1 aromatic rings. The Bertz CT molecular complexity index is 597. The van der Waals surface area contributed by atoms with E-state index >= 15 is 0 Å². The van der Waals surface area contributed by atoms with Gasteiger partial charge in [-0.25, -0.2) is 13.4 Å². The smallest absolute Gasteiger partial charge is 0.193 e. The maximum absolute atomic E-state index is 12.1. The third-order valence-electron chi connectivity index (χ3n) is 3.88. The highest BCUT2D eigenvalue weighted by molar-refractivity contribution is 7.92. The van der Waals surface area contributed by atoms with Gasteiger partial charge in [0.2, 0.25) is 0 Å². The first kappa shape index (κ1) is 16.8. The van der Waals surface area contributed by atoms with Crippen LogP contribution in [-0.4, -0.2) is 50.9 Å². The summed E-state index contributed by atoms with van der Waals surface area (Å²) in [6.45, 7) is 1.02. The first-order valence-corrected chi connectivity index (χ1v) is 9.42. The third-order valence-corrected chi connectivity index (χ3v) is 6.15. The van der Waals surface area contributed by atoms with Gasteiger partial charge in [0.05, 0.1) is 17.5 Å². The monoisotopic (exact) mass is 323 g/mol. The highest BCUT2D eigenvalue weighted by Gasteiger charge is 2.28. The Hall–Kier alpha value is -1.56. The van der Waals surface area contributed by atoms with Crippen LogP contribution in [0.1, 0.15) is 24.8 Å². The van der Waals surface area contributed by atoms with Gasteiger partial charge < -0.3 is 10.2 Å². The molecule has 0 bridgehead atoms. The number of guanidine groups is 1. The number of nitrogens with zero attached hydrogens (tertiary/aromatic N) is 2. The second kappa shape index (κ2) is 7.63. The van der Waals surface area contributed by atoms with E-state index in [1.807, 2.05) is 49.3 Å². The van der Waals surface area contributed by atoms with Crippen molar-refractivity contribution in [1.82, 2.24) is 10.2 Å². The van der Waals surface area contributed by atoms with Gasteiger partial charge in [-0.05, 0) is 18.4 Å². The Morgan fingerprint density at radius 3 is 2.64 bits per heavy atom. The molecule has 1 aliphatic rings. The third kappa shape index (κ3) is 4.73. The van der Waals surface area contributed by atoms with E-state index < -0.39 is 9.84 Å². The molecular weight excluding hydrogens is 298 g/mol. The summed E-state index contributed by atoms with van der Waals surface area (Å²) in [4.78, 5) is 6.45. The molecule has 0 aromatic heterocycles. The number of nitrogens with one attached hydrogen (secondary N) is 1. The summed E-state index contributed by atoms with van der Waals surface area (Å²) in [5.74, 6) is 1.04. The Morgan fingerprint density at radius 2 is 2.00 bits per heavy atom. The van der Waals surface area contributed by atoms with E-state index in [0.717, 1.165) is 30.8 Å². The zero-order valence-corrected chi connectivity index (χ0v) is 14.1. The van der Waals surface area contributed by atoms with E-state index in [4.69, 9.17) is 0 Å². The first-order chi connectivity index (χ1) is 10.5. The molecule has 2 rings (SSSR count). The highest BCUT2D eigenvalue weighted by Crippen LogP contribution is 2.18. The number of aliphatic imine (C=N–C) groups is 1. The molecule has 122 valence electrons. The predicted molar refractivity (Wildman–Crippen MR) is 90.7 cm³/mol. The highest BCUT2D eigenvalue weighted by atomic mass is 32.2. The fourth-order valence-electron chi connectivity index (χ4n) is 2.56. The number of hydrogen-bond donors (Lipinski definition) is 1. The van der Waals surface area contributed by atoms with Crippen molar-refractivity contribution in [3.05, 3.63) is 35.9 Å². The molecule has 1 heterocycles. The van der Waals surface area contributed by atoms with Crippen LogP contribution in [0.15, 0.2) is 35.3 Å². The summed E-state index contributed by atoms with van der Waals surface area (Å²) in [7, 11) is 0.870. The second-order valence-corrected chi connectivity index (χ2v) is 8.29. The van der Waals surface area contributed by atoms with Gasteiger partial charge in [-0.3, -0.25) is 0 Å². The Kier molecular flexibility index (Phi) is 5.83.